The number of hydrogen-bond acceptors (Lipinski definition) is 7. The zero-order valence-electron chi connectivity index (χ0n) is 11.9. The van der Waals surface area contributed by atoms with Gasteiger partial charge in [0.25, 0.3) is 0 Å². The number of nitrogens with two attached hydrogens (primary N) is 1. The first-order chi connectivity index (χ1) is 10.3. The highest BCUT2D eigenvalue weighted by Crippen LogP contribution is 2.26. The fourth-order valence-electron chi connectivity index (χ4n) is 1.69. The molecule has 0 aliphatic carbocycles. The van der Waals surface area contributed by atoms with Gasteiger partial charge in [0.1, 0.15) is 0 Å². The molecule has 2 rings (SSSR count). The lowest BCUT2D eigenvalue weighted by molar-refractivity contribution is 0.289. The van der Waals surface area contributed by atoms with E-state index in [9.17, 15) is 0 Å². The number of hydrogen-bond donors (Lipinski definition) is 1. The second kappa shape index (κ2) is 8.48. The minimum atomic E-state index is 0.511. The van der Waals surface area contributed by atoms with Crippen LogP contribution in [0.25, 0.3) is 0 Å². The Balaban J connectivity index is 1.80. The standard InChI is InChI=1S/C13H19N5O2S/c1-2-19-11-5-3-4-6-12(11)20-9-10-21-13-15-16-17-18(13)8-7-14/h3-6H,2,7-10,14H2,1H3. The molecule has 0 atom stereocenters. The molecule has 21 heavy (non-hydrogen) atoms. The van der Waals surface area contributed by atoms with Crippen molar-refractivity contribution in [3.63, 3.8) is 0 Å². The summed E-state index contributed by atoms with van der Waals surface area (Å²) in [4.78, 5) is 0. The van der Waals surface area contributed by atoms with Crippen molar-refractivity contribution < 1.29 is 9.47 Å². The Morgan fingerprint density at radius 1 is 1.24 bits per heavy atom. The summed E-state index contributed by atoms with van der Waals surface area (Å²) in [6, 6.07) is 7.64. The maximum atomic E-state index is 5.74. The van der Waals surface area contributed by atoms with Gasteiger partial charge in [0, 0.05) is 12.3 Å². The average Bonchev–Trinajstić information content (AvgIpc) is 2.93. The largest absolute Gasteiger partial charge is 0.490 e. The minimum absolute atomic E-state index is 0.511. The van der Waals surface area contributed by atoms with E-state index in [4.69, 9.17) is 15.2 Å². The van der Waals surface area contributed by atoms with Crippen molar-refractivity contribution in [2.75, 3.05) is 25.5 Å². The molecular weight excluding hydrogens is 290 g/mol. The Morgan fingerprint density at radius 2 is 2.00 bits per heavy atom. The Kier molecular flexibility index (Phi) is 6.29. The number of ether oxygens (including phenoxy) is 2. The number of thioether (sulfide) groups is 1. The normalized spacial score (nSPS) is 10.6. The lowest BCUT2D eigenvalue weighted by Crippen LogP contribution is -2.12. The smallest absolute Gasteiger partial charge is 0.209 e. The summed E-state index contributed by atoms with van der Waals surface area (Å²) < 4.78 is 12.9. The average molecular weight is 309 g/mol. The lowest BCUT2D eigenvalue weighted by atomic mass is 10.3. The van der Waals surface area contributed by atoms with E-state index >= 15 is 0 Å². The van der Waals surface area contributed by atoms with Crippen molar-refractivity contribution in [1.29, 1.82) is 0 Å². The summed E-state index contributed by atoms with van der Waals surface area (Å²) in [7, 11) is 0. The predicted octanol–water partition coefficient (Wildman–Crippen LogP) is 1.20. The molecule has 0 aliphatic heterocycles. The monoisotopic (exact) mass is 309 g/mol. The second-order valence-electron chi connectivity index (χ2n) is 4.05. The molecule has 8 heteroatoms. The van der Waals surface area contributed by atoms with E-state index in [1.165, 1.54) is 11.8 Å². The molecule has 1 aromatic heterocycles. The third kappa shape index (κ3) is 4.61. The van der Waals surface area contributed by atoms with Gasteiger partial charge < -0.3 is 15.2 Å². The van der Waals surface area contributed by atoms with Crippen LogP contribution in [0.4, 0.5) is 0 Å². The Bertz CT molecular complexity index is 549. The molecule has 0 radical (unpaired) electrons. The molecule has 0 aliphatic rings. The number of rotatable bonds is 9. The van der Waals surface area contributed by atoms with Gasteiger partial charge in [-0.3, -0.25) is 0 Å². The molecule has 0 saturated heterocycles. The van der Waals surface area contributed by atoms with Gasteiger partial charge >= 0.3 is 0 Å². The Morgan fingerprint density at radius 3 is 2.71 bits per heavy atom. The molecule has 0 bridgehead atoms. The summed E-state index contributed by atoms with van der Waals surface area (Å²) in [5.74, 6) is 2.25. The molecule has 114 valence electrons. The minimum Gasteiger partial charge on any atom is -0.490 e. The predicted molar refractivity (Wildman–Crippen MR) is 80.7 cm³/mol. The van der Waals surface area contributed by atoms with Gasteiger partial charge in [-0.25, -0.2) is 4.68 Å². The summed E-state index contributed by atoms with van der Waals surface area (Å²) in [6.07, 6.45) is 0. The molecule has 2 aromatic rings. The van der Waals surface area contributed by atoms with Gasteiger partial charge in [0.05, 0.1) is 19.8 Å². The highest BCUT2D eigenvalue weighted by Gasteiger charge is 2.07. The van der Waals surface area contributed by atoms with Crippen LogP contribution in [0.15, 0.2) is 29.4 Å². The van der Waals surface area contributed by atoms with E-state index < -0.39 is 0 Å². The van der Waals surface area contributed by atoms with Gasteiger partial charge in [-0.05, 0) is 29.5 Å². The van der Waals surface area contributed by atoms with Crippen molar-refractivity contribution in [2.45, 2.75) is 18.6 Å². The summed E-state index contributed by atoms with van der Waals surface area (Å²) in [5, 5.41) is 12.2. The zero-order chi connectivity index (χ0) is 14.9. The van der Waals surface area contributed by atoms with Crippen LogP contribution in [0.3, 0.4) is 0 Å². The van der Waals surface area contributed by atoms with Crippen LogP contribution < -0.4 is 15.2 Å². The van der Waals surface area contributed by atoms with Crippen LogP contribution in [0.1, 0.15) is 6.92 Å². The Hall–Kier alpha value is -1.80. The quantitative estimate of drug-likeness (QED) is 0.550. The number of benzene rings is 1. The van der Waals surface area contributed by atoms with Crippen LogP contribution in [0.5, 0.6) is 11.5 Å². The lowest BCUT2D eigenvalue weighted by Gasteiger charge is -2.11. The Labute approximate surface area is 127 Å². The highest BCUT2D eigenvalue weighted by atomic mass is 32.2. The maximum absolute atomic E-state index is 5.74. The first kappa shape index (κ1) is 15.6. The molecule has 0 saturated carbocycles. The van der Waals surface area contributed by atoms with Crippen molar-refractivity contribution >= 4 is 11.8 Å². The molecule has 0 spiro atoms. The third-order valence-corrected chi connectivity index (χ3v) is 3.48. The van der Waals surface area contributed by atoms with E-state index in [0.29, 0.717) is 26.3 Å². The SMILES string of the molecule is CCOc1ccccc1OCCSc1nnnn1CCN. The summed E-state index contributed by atoms with van der Waals surface area (Å²) in [6.45, 7) is 4.23. The van der Waals surface area contributed by atoms with E-state index in [2.05, 4.69) is 15.5 Å². The molecule has 7 nitrogen and oxygen atoms in total. The molecule has 0 amide bonds. The van der Waals surface area contributed by atoms with Crippen molar-refractivity contribution in [3.05, 3.63) is 24.3 Å². The molecule has 0 unspecified atom stereocenters. The molecule has 1 heterocycles. The van der Waals surface area contributed by atoms with Crippen LogP contribution in [0.2, 0.25) is 0 Å². The van der Waals surface area contributed by atoms with Crippen LogP contribution >= 0.6 is 11.8 Å². The fourth-order valence-corrected chi connectivity index (χ4v) is 2.41. The van der Waals surface area contributed by atoms with Gasteiger partial charge in [-0.2, -0.15) is 0 Å². The first-order valence-corrected chi connectivity index (χ1v) is 7.77. The van der Waals surface area contributed by atoms with Crippen molar-refractivity contribution in [3.8, 4) is 11.5 Å². The summed E-state index contributed by atoms with van der Waals surface area (Å²) >= 11 is 1.54. The summed E-state index contributed by atoms with van der Waals surface area (Å²) in [5.41, 5.74) is 5.50. The number of nitrogens with zero attached hydrogens (tertiary/aromatic N) is 4. The molecule has 0 fully saturated rings. The molecule has 2 N–H and O–H groups in total. The van der Waals surface area contributed by atoms with Crippen LogP contribution in [0, 0.1) is 0 Å². The van der Waals surface area contributed by atoms with Gasteiger partial charge in [0.15, 0.2) is 11.5 Å². The van der Waals surface area contributed by atoms with E-state index in [1.54, 1.807) is 4.68 Å². The van der Waals surface area contributed by atoms with Crippen LogP contribution in [-0.2, 0) is 6.54 Å². The van der Waals surface area contributed by atoms with E-state index in [0.717, 1.165) is 22.4 Å². The van der Waals surface area contributed by atoms with Gasteiger partial charge in [0.2, 0.25) is 5.16 Å². The number of para-hydroxylation sites is 2. The number of tetrazole rings is 1. The van der Waals surface area contributed by atoms with E-state index in [-0.39, 0.29) is 0 Å². The fraction of sp³-hybridized carbons (Fsp3) is 0.462. The van der Waals surface area contributed by atoms with E-state index in [1.807, 2.05) is 31.2 Å². The third-order valence-electron chi connectivity index (χ3n) is 2.56. The van der Waals surface area contributed by atoms with Crippen molar-refractivity contribution in [2.24, 2.45) is 5.73 Å². The molecular formula is C13H19N5O2S. The second-order valence-corrected chi connectivity index (χ2v) is 5.11. The topological polar surface area (TPSA) is 88.1 Å². The highest BCUT2D eigenvalue weighted by molar-refractivity contribution is 7.99. The molecule has 1 aromatic carbocycles. The number of aromatic nitrogens is 4. The van der Waals surface area contributed by atoms with Gasteiger partial charge in [-0.15, -0.1) is 5.10 Å². The maximum Gasteiger partial charge on any atom is 0.209 e. The first-order valence-electron chi connectivity index (χ1n) is 6.78. The van der Waals surface area contributed by atoms with Crippen LogP contribution in [-0.4, -0.2) is 45.7 Å². The van der Waals surface area contributed by atoms with Gasteiger partial charge in [-0.1, -0.05) is 23.9 Å². The van der Waals surface area contributed by atoms with Crippen molar-refractivity contribution in [1.82, 2.24) is 20.2 Å². The zero-order valence-corrected chi connectivity index (χ0v) is 12.8.